The molecule has 0 saturated carbocycles. The molecule has 0 bridgehead atoms. The third kappa shape index (κ3) is 4.50. The van der Waals surface area contributed by atoms with Crippen LogP contribution in [0.4, 0.5) is 14.9 Å². The van der Waals surface area contributed by atoms with E-state index in [2.05, 4.69) is 0 Å². The largest absolute Gasteiger partial charge is 0.478 e. The molecule has 166 valence electrons. The maximum absolute atomic E-state index is 13.3. The number of aryl methyl sites for hydroxylation is 2. The number of urea groups is 1. The molecule has 0 unspecified atom stereocenters. The molecule has 0 radical (unpaired) electrons. The summed E-state index contributed by atoms with van der Waals surface area (Å²) in [5.74, 6) is -0.845. The zero-order valence-corrected chi connectivity index (χ0v) is 18.8. The SMILES string of the molecule is Cc1cc(CN2C(=O)N(c3ccc(F)cc3)CC2(C)C)cc(C)c1OC(C)(C)C(=O)O. The molecule has 0 atom stereocenters. The second-order valence-corrected chi connectivity index (χ2v) is 9.22. The molecule has 3 rings (SSSR count). The van der Waals surface area contributed by atoms with Gasteiger partial charge in [-0.15, -0.1) is 0 Å². The number of amides is 2. The van der Waals surface area contributed by atoms with Crippen LogP contribution in [0.2, 0.25) is 0 Å². The minimum Gasteiger partial charge on any atom is -0.478 e. The van der Waals surface area contributed by atoms with Crippen molar-refractivity contribution in [2.75, 3.05) is 11.4 Å². The lowest BCUT2D eigenvalue weighted by Crippen LogP contribution is -2.41. The zero-order valence-electron chi connectivity index (χ0n) is 18.8. The lowest BCUT2D eigenvalue weighted by atomic mass is 10.0. The second-order valence-electron chi connectivity index (χ2n) is 9.22. The third-order valence-corrected chi connectivity index (χ3v) is 5.61. The number of rotatable bonds is 6. The number of hydrogen-bond acceptors (Lipinski definition) is 3. The van der Waals surface area contributed by atoms with E-state index in [1.165, 1.54) is 26.0 Å². The lowest BCUT2D eigenvalue weighted by molar-refractivity contribution is -0.152. The van der Waals surface area contributed by atoms with Gasteiger partial charge in [0.15, 0.2) is 5.60 Å². The quantitative estimate of drug-likeness (QED) is 0.710. The van der Waals surface area contributed by atoms with E-state index in [-0.39, 0.29) is 11.8 Å². The molecule has 1 N–H and O–H groups in total. The Balaban J connectivity index is 1.85. The monoisotopic (exact) mass is 428 g/mol. The van der Waals surface area contributed by atoms with Crippen LogP contribution in [-0.2, 0) is 11.3 Å². The van der Waals surface area contributed by atoms with E-state index in [0.29, 0.717) is 24.5 Å². The number of carboxylic acids is 1. The van der Waals surface area contributed by atoms with Gasteiger partial charge >= 0.3 is 12.0 Å². The summed E-state index contributed by atoms with van der Waals surface area (Å²) in [6.45, 7) is 11.6. The number of carboxylic acid groups (broad SMARTS) is 1. The summed E-state index contributed by atoms with van der Waals surface area (Å²) in [6, 6.07) is 9.62. The van der Waals surface area contributed by atoms with Crippen molar-refractivity contribution in [1.82, 2.24) is 4.90 Å². The number of ether oxygens (including phenoxy) is 1. The fourth-order valence-corrected chi connectivity index (χ4v) is 3.82. The van der Waals surface area contributed by atoms with Crippen LogP contribution in [0.5, 0.6) is 5.75 Å². The van der Waals surface area contributed by atoms with Gasteiger partial charge in [0.05, 0.1) is 12.1 Å². The summed E-state index contributed by atoms with van der Waals surface area (Å²) in [4.78, 5) is 28.1. The number of carbonyl (C=O) groups excluding carboxylic acids is 1. The van der Waals surface area contributed by atoms with Crippen molar-refractivity contribution in [3.05, 3.63) is 58.9 Å². The van der Waals surface area contributed by atoms with Gasteiger partial charge in [-0.25, -0.2) is 14.0 Å². The normalized spacial score (nSPS) is 16.0. The number of benzene rings is 2. The first kappa shape index (κ1) is 22.6. The molecule has 1 aliphatic rings. The Morgan fingerprint density at radius 2 is 1.71 bits per heavy atom. The van der Waals surface area contributed by atoms with Crippen molar-refractivity contribution in [2.24, 2.45) is 0 Å². The van der Waals surface area contributed by atoms with Gasteiger partial charge in [0.2, 0.25) is 0 Å². The fraction of sp³-hybridized carbons (Fsp3) is 0.417. The summed E-state index contributed by atoms with van der Waals surface area (Å²) in [5, 5.41) is 9.35. The predicted molar refractivity (Wildman–Crippen MR) is 117 cm³/mol. The molecule has 0 spiro atoms. The van der Waals surface area contributed by atoms with Crippen LogP contribution in [0.3, 0.4) is 0 Å². The van der Waals surface area contributed by atoms with E-state index in [1.54, 1.807) is 21.9 Å². The maximum Gasteiger partial charge on any atom is 0.347 e. The van der Waals surface area contributed by atoms with Gasteiger partial charge in [0.1, 0.15) is 11.6 Å². The van der Waals surface area contributed by atoms with Gasteiger partial charge in [0.25, 0.3) is 0 Å². The van der Waals surface area contributed by atoms with Crippen molar-refractivity contribution in [3.8, 4) is 5.75 Å². The van der Waals surface area contributed by atoms with Crippen LogP contribution in [-0.4, -0.2) is 39.7 Å². The van der Waals surface area contributed by atoms with E-state index in [1.807, 2.05) is 39.8 Å². The topological polar surface area (TPSA) is 70.1 Å². The van der Waals surface area contributed by atoms with Gasteiger partial charge in [-0.05, 0) is 82.5 Å². The smallest absolute Gasteiger partial charge is 0.347 e. The molecule has 0 aromatic heterocycles. The minimum absolute atomic E-state index is 0.140. The molecule has 2 aromatic carbocycles. The summed E-state index contributed by atoms with van der Waals surface area (Å²) < 4.78 is 19.1. The predicted octanol–water partition coefficient (Wildman–Crippen LogP) is 4.91. The number of hydrogen-bond donors (Lipinski definition) is 1. The summed E-state index contributed by atoms with van der Waals surface area (Å²) >= 11 is 0. The summed E-state index contributed by atoms with van der Waals surface area (Å²) in [6.07, 6.45) is 0. The van der Waals surface area contributed by atoms with Crippen molar-refractivity contribution in [2.45, 2.75) is 59.2 Å². The second kappa shape index (κ2) is 7.87. The van der Waals surface area contributed by atoms with E-state index >= 15 is 0 Å². The molecular weight excluding hydrogens is 399 g/mol. The first-order chi connectivity index (χ1) is 14.3. The van der Waals surface area contributed by atoms with E-state index in [0.717, 1.165) is 16.7 Å². The van der Waals surface area contributed by atoms with Gasteiger partial charge in [-0.1, -0.05) is 12.1 Å². The standard InChI is InChI=1S/C24H29FN2O4/c1-15-11-17(12-16(2)20(15)31-24(5,6)21(28)29)13-27-22(30)26(14-23(27,3)4)19-9-7-18(25)8-10-19/h7-12H,13-14H2,1-6H3,(H,28,29). The number of anilines is 1. The molecule has 7 heteroatoms. The Morgan fingerprint density at radius 3 is 2.23 bits per heavy atom. The van der Waals surface area contributed by atoms with Crippen LogP contribution in [0, 0.1) is 19.7 Å². The van der Waals surface area contributed by atoms with E-state index < -0.39 is 17.1 Å². The molecule has 1 heterocycles. The Morgan fingerprint density at radius 1 is 1.16 bits per heavy atom. The van der Waals surface area contributed by atoms with Crippen LogP contribution >= 0.6 is 0 Å². The molecule has 31 heavy (non-hydrogen) atoms. The average molecular weight is 429 g/mol. The van der Waals surface area contributed by atoms with Gasteiger partial charge in [-0.3, -0.25) is 4.90 Å². The van der Waals surface area contributed by atoms with Gasteiger partial charge in [0, 0.05) is 12.2 Å². The van der Waals surface area contributed by atoms with Crippen LogP contribution in [0.15, 0.2) is 36.4 Å². The summed E-state index contributed by atoms with van der Waals surface area (Å²) in [7, 11) is 0. The molecule has 1 saturated heterocycles. The molecule has 2 aromatic rings. The minimum atomic E-state index is -1.35. The molecular formula is C24H29FN2O4. The first-order valence-electron chi connectivity index (χ1n) is 10.2. The highest BCUT2D eigenvalue weighted by Crippen LogP contribution is 2.34. The van der Waals surface area contributed by atoms with Crippen LogP contribution in [0.1, 0.15) is 44.4 Å². The van der Waals surface area contributed by atoms with E-state index in [9.17, 15) is 19.1 Å². The Hall–Kier alpha value is -3.09. The van der Waals surface area contributed by atoms with Crippen molar-refractivity contribution >= 4 is 17.7 Å². The molecule has 1 aliphatic heterocycles. The van der Waals surface area contributed by atoms with Gasteiger partial charge < -0.3 is 14.7 Å². The number of aliphatic carboxylic acids is 1. The Labute approximate surface area is 182 Å². The third-order valence-electron chi connectivity index (χ3n) is 5.61. The maximum atomic E-state index is 13.3. The van der Waals surface area contributed by atoms with Crippen LogP contribution in [0.25, 0.3) is 0 Å². The van der Waals surface area contributed by atoms with Crippen molar-refractivity contribution in [1.29, 1.82) is 0 Å². The van der Waals surface area contributed by atoms with Gasteiger partial charge in [-0.2, -0.15) is 0 Å². The highest BCUT2D eigenvalue weighted by molar-refractivity contribution is 5.95. The summed E-state index contributed by atoms with van der Waals surface area (Å²) in [5.41, 5.74) is 1.44. The Kier molecular flexibility index (Phi) is 5.74. The highest BCUT2D eigenvalue weighted by Gasteiger charge is 2.43. The van der Waals surface area contributed by atoms with Crippen molar-refractivity contribution < 1.29 is 23.8 Å². The lowest BCUT2D eigenvalue weighted by Gasteiger charge is -2.30. The first-order valence-corrected chi connectivity index (χ1v) is 10.2. The van der Waals surface area contributed by atoms with Crippen LogP contribution < -0.4 is 9.64 Å². The molecule has 1 fully saturated rings. The molecule has 0 aliphatic carbocycles. The fourth-order valence-electron chi connectivity index (χ4n) is 3.82. The number of nitrogens with zero attached hydrogens (tertiary/aromatic N) is 2. The number of halogens is 1. The van der Waals surface area contributed by atoms with E-state index in [4.69, 9.17) is 4.74 Å². The molecule has 6 nitrogen and oxygen atoms in total. The zero-order chi connectivity index (χ0) is 23.1. The Bertz CT molecular complexity index is 992. The highest BCUT2D eigenvalue weighted by atomic mass is 19.1. The van der Waals surface area contributed by atoms with Crippen molar-refractivity contribution in [3.63, 3.8) is 0 Å². The average Bonchev–Trinajstić information content (AvgIpc) is 2.89. The number of carbonyl (C=O) groups is 2. The molecule has 2 amide bonds.